The lowest BCUT2D eigenvalue weighted by atomic mass is 9.97. The minimum Gasteiger partial charge on any atom is -0.396 e. The number of aromatic nitrogens is 4. The van der Waals surface area contributed by atoms with Crippen LogP contribution in [0.3, 0.4) is 0 Å². The van der Waals surface area contributed by atoms with Gasteiger partial charge < -0.3 is 15.4 Å². The van der Waals surface area contributed by atoms with Crippen molar-refractivity contribution in [1.29, 1.82) is 0 Å². The predicted octanol–water partition coefficient (Wildman–Crippen LogP) is 0.110. The van der Waals surface area contributed by atoms with Crippen molar-refractivity contribution >= 4 is 17.1 Å². The summed E-state index contributed by atoms with van der Waals surface area (Å²) in [6.07, 6.45) is 4.91. The van der Waals surface area contributed by atoms with Gasteiger partial charge in [0.2, 0.25) is 5.95 Å². The number of aliphatic hydroxyl groups is 1. The number of aromatic amines is 1. The van der Waals surface area contributed by atoms with E-state index in [-0.39, 0.29) is 18.1 Å². The fourth-order valence-electron chi connectivity index (χ4n) is 2.95. The summed E-state index contributed by atoms with van der Waals surface area (Å²) in [6, 6.07) is 0. The molecule has 2 aromatic rings. The van der Waals surface area contributed by atoms with E-state index in [1.807, 2.05) is 4.57 Å². The molecule has 0 bridgehead atoms. The zero-order valence-electron chi connectivity index (χ0n) is 10.5. The van der Waals surface area contributed by atoms with Crippen molar-refractivity contribution in [2.24, 2.45) is 11.8 Å². The molecular formula is C12H17N5O2. The molecule has 1 saturated carbocycles. The number of imidazole rings is 1. The van der Waals surface area contributed by atoms with Gasteiger partial charge in [0, 0.05) is 13.2 Å². The molecule has 1 aliphatic rings. The van der Waals surface area contributed by atoms with Crippen LogP contribution in [0.25, 0.3) is 11.2 Å². The molecule has 0 spiro atoms. The van der Waals surface area contributed by atoms with Crippen LogP contribution >= 0.6 is 0 Å². The van der Waals surface area contributed by atoms with E-state index in [0.29, 0.717) is 23.0 Å². The molecule has 102 valence electrons. The molecule has 7 nitrogen and oxygen atoms in total. The summed E-state index contributed by atoms with van der Waals surface area (Å²) in [5.41, 5.74) is 6.08. The zero-order chi connectivity index (χ0) is 13.4. The molecule has 2 aromatic heterocycles. The highest BCUT2D eigenvalue weighted by molar-refractivity contribution is 5.70. The largest absolute Gasteiger partial charge is 0.396 e. The Bertz CT molecular complexity index is 647. The van der Waals surface area contributed by atoms with Crippen molar-refractivity contribution in [1.82, 2.24) is 19.5 Å². The number of fused-ring (bicyclic) bond motifs is 1. The van der Waals surface area contributed by atoms with Crippen molar-refractivity contribution in [2.75, 3.05) is 12.3 Å². The Balaban J connectivity index is 1.95. The van der Waals surface area contributed by atoms with Crippen LogP contribution in [-0.4, -0.2) is 31.2 Å². The summed E-state index contributed by atoms with van der Waals surface area (Å²) in [6.45, 7) is 0.936. The second-order valence-electron chi connectivity index (χ2n) is 5.15. The van der Waals surface area contributed by atoms with E-state index in [2.05, 4.69) is 15.0 Å². The quantitative estimate of drug-likeness (QED) is 0.728. The van der Waals surface area contributed by atoms with Gasteiger partial charge in [-0.1, -0.05) is 6.42 Å². The maximum Gasteiger partial charge on any atom is 0.280 e. The Morgan fingerprint density at radius 2 is 2.26 bits per heavy atom. The van der Waals surface area contributed by atoms with Gasteiger partial charge in [-0.15, -0.1) is 0 Å². The number of aliphatic hydroxyl groups excluding tert-OH is 1. The second kappa shape index (κ2) is 4.65. The summed E-state index contributed by atoms with van der Waals surface area (Å²) in [4.78, 5) is 22.4. The van der Waals surface area contributed by atoms with Crippen molar-refractivity contribution in [3.8, 4) is 0 Å². The van der Waals surface area contributed by atoms with Gasteiger partial charge in [-0.3, -0.25) is 9.78 Å². The van der Waals surface area contributed by atoms with Crippen LogP contribution < -0.4 is 11.3 Å². The third kappa shape index (κ3) is 2.10. The number of nitrogens with two attached hydrogens (primary N) is 1. The van der Waals surface area contributed by atoms with Crippen LogP contribution in [0.2, 0.25) is 0 Å². The second-order valence-corrected chi connectivity index (χ2v) is 5.15. The first-order chi connectivity index (χ1) is 9.19. The lowest BCUT2D eigenvalue weighted by Gasteiger charge is -2.17. The Hall–Kier alpha value is -1.89. The van der Waals surface area contributed by atoms with E-state index in [9.17, 15) is 9.90 Å². The first kappa shape index (κ1) is 12.2. The topological polar surface area (TPSA) is 110 Å². The molecule has 0 radical (unpaired) electrons. The van der Waals surface area contributed by atoms with Gasteiger partial charge in [0.05, 0.1) is 6.33 Å². The summed E-state index contributed by atoms with van der Waals surface area (Å²) in [5, 5.41) is 9.35. The van der Waals surface area contributed by atoms with Gasteiger partial charge in [0.25, 0.3) is 5.56 Å². The van der Waals surface area contributed by atoms with Crippen LogP contribution in [0.15, 0.2) is 11.1 Å². The van der Waals surface area contributed by atoms with Crippen molar-refractivity contribution in [3.05, 3.63) is 16.7 Å². The molecule has 0 aliphatic heterocycles. The van der Waals surface area contributed by atoms with Crippen molar-refractivity contribution < 1.29 is 5.11 Å². The minimum atomic E-state index is -0.314. The van der Waals surface area contributed by atoms with E-state index < -0.39 is 0 Å². The Morgan fingerprint density at radius 1 is 1.47 bits per heavy atom. The molecule has 4 N–H and O–H groups in total. The highest BCUT2D eigenvalue weighted by Crippen LogP contribution is 2.32. The van der Waals surface area contributed by atoms with E-state index in [4.69, 9.17) is 5.73 Å². The van der Waals surface area contributed by atoms with Crippen LogP contribution in [0.1, 0.15) is 19.3 Å². The van der Waals surface area contributed by atoms with Crippen LogP contribution in [0.4, 0.5) is 5.95 Å². The third-order valence-electron chi connectivity index (χ3n) is 3.98. The lowest BCUT2D eigenvalue weighted by molar-refractivity contribution is 0.185. The zero-order valence-corrected chi connectivity index (χ0v) is 10.5. The number of H-pyrrole nitrogens is 1. The molecular weight excluding hydrogens is 246 g/mol. The molecule has 0 saturated heterocycles. The maximum atomic E-state index is 11.7. The van der Waals surface area contributed by atoms with Gasteiger partial charge in [-0.25, -0.2) is 4.98 Å². The number of hydrogen-bond donors (Lipinski definition) is 3. The SMILES string of the molecule is Nc1nc2c(ncn2C[C@@H]2CCC[C@@H]2CO)c(=O)[nH]1. The molecule has 0 aromatic carbocycles. The molecule has 1 fully saturated rings. The van der Waals surface area contributed by atoms with E-state index in [0.717, 1.165) is 25.8 Å². The molecule has 7 heteroatoms. The molecule has 19 heavy (non-hydrogen) atoms. The highest BCUT2D eigenvalue weighted by Gasteiger charge is 2.27. The molecule has 2 atom stereocenters. The monoisotopic (exact) mass is 263 g/mol. The number of nitrogen functional groups attached to an aromatic ring is 1. The Labute approximate surface area is 109 Å². The first-order valence-electron chi connectivity index (χ1n) is 6.50. The maximum absolute atomic E-state index is 11.7. The number of anilines is 1. The standard InChI is InChI=1S/C12H17N5O2/c13-12-15-10-9(11(19)16-12)14-6-17(10)4-7-2-1-3-8(7)5-18/h6-8,18H,1-5H2,(H3,13,15,16,19)/t7-,8+/m0/s1. The first-order valence-corrected chi connectivity index (χ1v) is 6.50. The van der Waals surface area contributed by atoms with Gasteiger partial charge in [-0.2, -0.15) is 4.98 Å². The van der Waals surface area contributed by atoms with E-state index in [1.54, 1.807) is 6.33 Å². The molecule has 0 unspecified atom stereocenters. The van der Waals surface area contributed by atoms with E-state index >= 15 is 0 Å². The van der Waals surface area contributed by atoms with Crippen LogP contribution in [-0.2, 0) is 6.54 Å². The Kier molecular flexibility index (Phi) is 2.98. The number of nitrogens with zero attached hydrogens (tertiary/aromatic N) is 3. The van der Waals surface area contributed by atoms with Gasteiger partial charge in [-0.05, 0) is 24.7 Å². The fraction of sp³-hybridized carbons (Fsp3) is 0.583. The van der Waals surface area contributed by atoms with E-state index in [1.165, 1.54) is 0 Å². The molecule has 1 aliphatic carbocycles. The number of hydrogen-bond acceptors (Lipinski definition) is 5. The van der Waals surface area contributed by atoms with Gasteiger partial charge in [0.15, 0.2) is 11.2 Å². The summed E-state index contributed by atoms with van der Waals surface area (Å²) in [7, 11) is 0. The summed E-state index contributed by atoms with van der Waals surface area (Å²) in [5.74, 6) is 0.839. The minimum absolute atomic E-state index is 0.101. The molecule has 3 rings (SSSR count). The smallest absolute Gasteiger partial charge is 0.280 e. The molecule has 2 heterocycles. The summed E-state index contributed by atoms with van der Waals surface area (Å²) >= 11 is 0. The van der Waals surface area contributed by atoms with Crippen molar-refractivity contribution in [3.63, 3.8) is 0 Å². The lowest BCUT2D eigenvalue weighted by Crippen LogP contribution is -2.18. The average Bonchev–Trinajstić information content (AvgIpc) is 2.97. The molecule has 0 amide bonds. The highest BCUT2D eigenvalue weighted by atomic mass is 16.3. The average molecular weight is 263 g/mol. The third-order valence-corrected chi connectivity index (χ3v) is 3.98. The number of rotatable bonds is 3. The normalized spacial score (nSPS) is 23.2. The van der Waals surface area contributed by atoms with Crippen LogP contribution in [0, 0.1) is 11.8 Å². The Morgan fingerprint density at radius 3 is 3.05 bits per heavy atom. The van der Waals surface area contributed by atoms with Crippen LogP contribution in [0.5, 0.6) is 0 Å². The van der Waals surface area contributed by atoms with Gasteiger partial charge in [0.1, 0.15) is 0 Å². The number of nitrogens with one attached hydrogen (secondary N) is 1. The fourth-order valence-corrected chi connectivity index (χ4v) is 2.95. The van der Waals surface area contributed by atoms with Gasteiger partial charge >= 0.3 is 0 Å². The van der Waals surface area contributed by atoms with Crippen molar-refractivity contribution in [2.45, 2.75) is 25.8 Å². The predicted molar refractivity (Wildman–Crippen MR) is 70.5 cm³/mol. The summed E-state index contributed by atoms with van der Waals surface area (Å²) < 4.78 is 1.86.